The molecule has 6 heteroatoms. The monoisotopic (exact) mass is 266 g/mol. The van der Waals surface area contributed by atoms with Crippen LogP contribution in [0.2, 0.25) is 0 Å². The zero-order valence-electron chi connectivity index (χ0n) is 9.84. The lowest BCUT2D eigenvalue weighted by atomic mass is 10.1. The number of hydrogen-bond acceptors (Lipinski definition) is 4. The third kappa shape index (κ3) is 5.12. The number of carboxylic acid groups (broad SMARTS) is 2. The van der Waals surface area contributed by atoms with Crippen molar-refractivity contribution in [3.63, 3.8) is 0 Å². The Morgan fingerprint density at radius 1 is 0.812 bits per heavy atom. The van der Waals surface area contributed by atoms with Crippen LogP contribution in [0.4, 0.5) is 0 Å². The minimum absolute atomic E-state index is 0.0362. The molecule has 0 bridgehead atoms. The van der Waals surface area contributed by atoms with Crippen molar-refractivity contribution in [3.05, 3.63) is 0 Å². The van der Waals surface area contributed by atoms with Crippen LogP contribution in [0, 0.1) is 11.8 Å². The van der Waals surface area contributed by atoms with Crippen LogP contribution in [-0.4, -0.2) is 32.7 Å². The van der Waals surface area contributed by atoms with E-state index in [1.54, 1.807) is 13.8 Å². The van der Waals surface area contributed by atoms with Crippen molar-refractivity contribution in [3.8, 4) is 0 Å². The van der Waals surface area contributed by atoms with Gasteiger partial charge >= 0.3 is 11.9 Å². The summed E-state index contributed by atoms with van der Waals surface area (Å²) in [6.45, 7) is 7.00. The fourth-order valence-electron chi connectivity index (χ4n) is 0.743. The van der Waals surface area contributed by atoms with Gasteiger partial charge in [-0.3, -0.25) is 9.59 Å². The summed E-state index contributed by atoms with van der Waals surface area (Å²) in [5, 5.41) is 17.5. The molecule has 94 valence electrons. The summed E-state index contributed by atoms with van der Waals surface area (Å²) in [6, 6.07) is 0. The number of carboxylic acids is 2. The number of aliphatic carboxylic acids is 2. The van der Waals surface area contributed by atoms with Gasteiger partial charge in [-0.15, -0.1) is 0 Å². The first-order valence-electron chi connectivity index (χ1n) is 5.05. The van der Waals surface area contributed by atoms with Gasteiger partial charge in [-0.2, -0.15) is 0 Å². The Hall–Kier alpha value is -0.360. The van der Waals surface area contributed by atoms with Crippen molar-refractivity contribution < 1.29 is 19.8 Å². The van der Waals surface area contributed by atoms with E-state index in [1.807, 2.05) is 13.8 Å². The summed E-state index contributed by atoms with van der Waals surface area (Å²) in [7, 11) is 2.88. The van der Waals surface area contributed by atoms with Crippen LogP contribution in [0.1, 0.15) is 27.7 Å². The van der Waals surface area contributed by atoms with E-state index in [1.165, 1.54) is 21.6 Å². The molecular weight excluding hydrogens is 248 g/mol. The average molecular weight is 266 g/mol. The van der Waals surface area contributed by atoms with Gasteiger partial charge in [0.15, 0.2) is 0 Å². The lowest BCUT2D eigenvalue weighted by Gasteiger charge is -2.19. The summed E-state index contributed by atoms with van der Waals surface area (Å²) in [5.74, 6) is -2.49. The number of hydrogen-bond donors (Lipinski definition) is 2. The Balaban J connectivity index is 4.05. The molecular formula is C10H18O4S2. The first-order valence-corrected chi connectivity index (χ1v) is 7.32. The highest BCUT2D eigenvalue weighted by molar-refractivity contribution is 8.77. The Kier molecular flexibility index (Phi) is 6.90. The lowest BCUT2D eigenvalue weighted by Crippen LogP contribution is -2.22. The highest BCUT2D eigenvalue weighted by Gasteiger charge is 2.24. The van der Waals surface area contributed by atoms with Gasteiger partial charge in [-0.05, 0) is 0 Å². The molecule has 4 unspecified atom stereocenters. The zero-order valence-corrected chi connectivity index (χ0v) is 11.5. The van der Waals surface area contributed by atoms with Crippen molar-refractivity contribution in [1.29, 1.82) is 0 Å². The summed E-state index contributed by atoms with van der Waals surface area (Å²) in [5.41, 5.74) is 0. The average Bonchev–Trinajstić information content (AvgIpc) is 2.22. The standard InChI is InChI=1S/C10H18O4S2/c1-5(9(11)12)7(3)15-16-8(4)6(2)10(13)14/h5-8H,1-4H3,(H,11,12)(H,13,14). The maximum atomic E-state index is 10.7. The van der Waals surface area contributed by atoms with Crippen LogP contribution < -0.4 is 0 Å². The van der Waals surface area contributed by atoms with E-state index in [4.69, 9.17) is 10.2 Å². The van der Waals surface area contributed by atoms with E-state index >= 15 is 0 Å². The minimum Gasteiger partial charge on any atom is -0.481 e. The Labute approximate surface area is 104 Å². The zero-order chi connectivity index (χ0) is 12.9. The van der Waals surface area contributed by atoms with Gasteiger partial charge in [0.2, 0.25) is 0 Å². The van der Waals surface area contributed by atoms with Gasteiger partial charge in [0.05, 0.1) is 11.8 Å². The largest absolute Gasteiger partial charge is 0.481 e. The van der Waals surface area contributed by atoms with E-state index in [0.29, 0.717) is 0 Å². The second kappa shape index (κ2) is 7.06. The molecule has 0 heterocycles. The third-order valence-electron chi connectivity index (χ3n) is 2.55. The van der Waals surface area contributed by atoms with Crippen molar-refractivity contribution in [2.45, 2.75) is 38.2 Å². The maximum absolute atomic E-state index is 10.7. The van der Waals surface area contributed by atoms with Gasteiger partial charge < -0.3 is 10.2 Å². The molecule has 16 heavy (non-hydrogen) atoms. The van der Waals surface area contributed by atoms with E-state index in [9.17, 15) is 9.59 Å². The van der Waals surface area contributed by atoms with Crippen LogP contribution >= 0.6 is 21.6 Å². The van der Waals surface area contributed by atoms with Gasteiger partial charge in [-0.1, -0.05) is 49.3 Å². The molecule has 0 rings (SSSR count). The molecule has 0 radical (unpaired) electrons. The summed E-state index contributed by atoms with van der Waals surface area (Å²) < 4.78 is 0. The number of carbonyl (C=O) groups is 2. The van der Waals surface area contributed by atoms with E-state index in [2.05, 4.69) is 0 Å². The predicted octanol–water partition coefficient (Wildman–Crippen LogP) is 2.59. The van der Waals surface area contributed by atoms with Crippen molar-refractivity contribution in [2.24, 2.45) is 11.8 Å². The molecule has 0 aliphatic rings. The van der Waals surface area contributed by atoms with E-state index in [-0.39, 0.29) is 10.5 Å². The van der Waals surface area contributed by atoms with Crippen LogP contribution in [-0.2, 0) is 9.59 Å². The van der Waals surface area contributed by atoms with Gasteiger partial charge in [0.25, 0.3) is 0 Å². The first-order chi connectivity index (χ1) is 7.27. The maximum Gasteiger partial charge on any atom is 0.307 e. The van der Waals surface area contributed by atoms with Crippen molar-refractivity contribution in [1.82, 2.24) is 0 Å². The fourth-order valence-corrected chi connectivity index (χ4v) is 3.71. The first kappa shape index (κ1) is 15.6. The van der Waals surface area contributed by atoms with Gasteiger partial charge in [0, 0.05) is 10.5 Å². The van der Waals surface area contributed by atoms with Crippen LogP contribution in [0.15, 0.2) is 0 Å². The fraction of sp³-hybridized carbons (Fsp3) is 0.800. The molecule has 2 N–H and O–H groups in total. The molecule has 0 spiro atoms. The molecule has 0 aromatic carbocycles. The van der Waals surface area contributed by atoms with Gasteiger partial charge in [0.1, 0.15) is 0 Å². The van der Waals surface area contributed by atoms with E-state index < -0.39 is 23.8 Å². The van der Waals surface area contributed by atoms with Crippen molar-refractivity contribution in [2.75, 3.05) is 0 Å². The highest BCUT2D eigenvalue weighted by Crippen LogP contribution is 2.37. The molecule has 0 aromatic rings. The Morgan fingerprint density at radius 2 is 1.06 bits per heavy atom. The Bertz CT molecular complexity index is 231. The van der Waals surface area contributed by atoms with Crippen LogP contribution in [0.25, 0.3) is 0 Å². The molecule has 0 fully saturated rings. The van der Waals surface area contributed by atoms with Crippen LogP contribution in [0.3, 0.4) is 0 Å². The molecule has 0 saturated carbocycles. The molecule has 0 amide bonds. The molecule has 0 aliphatic heterocycles. The molecule has 4 atom stereocenters. The normalized spacial score (nSPS) is 18.5. The molecule has 0 aromatic heterocycles. The van der Waals surface area contributed by atoms with Crippen molar-refractivity contribution >= 4 is 33.5 Å². The SMILES string of the molecule is CC(SSC(C)C(C)C(=O)O)C(C)C(=O)O. The lowest BCUT2D eigenvalue weighted by molar-refractivity contribution is -0.141. The second-order valence-corrected chi connectivity index (χ2v) is 6.88. The molecule has 0 saturated heterocycles. The second-order valence-electron chi connectivity index (χ2n) is 3.86. The topological polar surface area (TPSA) is 74.6 Å². The quantitative estimate of drug-likeness (QED) is 0.690. The molecule has 0 aliphatic carbocycles. The smallest absolute Gasteiger partial charge is 0.307 e. The highest BCUT2D eigenvalue weighted by atomic mass is 33.1. The third-order valence-corrected chi connectivity index (χ3v) is 6.24. The molecule has 4 nitrogen and oxygen atoms in total. The summed E-state index contributed by atoms with van der Waals surface area (Å²) >= 11 is 0. The summed E-state index contributed by atoms with van der Waals surface area (Å²) in [6.07, 6.45) is 0. The van der Waals surface area contributed by atoms with E-state index in [0.717, 1.165) is 0 Å². The minimum atomic E-state index is -0.820. The Morgan fingerprint density at radius 3 is 1.25 bits per heavy atom. The predicted molar refractivity (Wildman–Crippen MR) is 67.7 cm³/mol. The number of rotatable bonds is 7. The van der Waals surface area contributed by atoms with Gasteiger partial charge in [-0.25, -0.2) is 0 Å². The summed E-state index contributed by atoms with van der Waals surface area (Å²) in [4.78, 5) is 21.4. The van der Waals surface area contributed by atoms with Crippen LogP contribution in [0.5, 0.6) is 0 Å².